The molecule has 0 bridgehead atoms. The lowest BCUT2D eigenvalue weighted by Gasteiger charge is -2.29. The molecule has 106 valence electrons. The van der Waals surface area contributed by atoms with Crippen LogP contribution in [0.3, 0.4) is 0 Å². The van der Waals surface area contributed by atoms with E-state index < -0.39 is 0 Å². The molecule has 18 heavy (non-hydrogen) atoms. The van der Waals surface area contributed by atoms with Crippen molar-refractivity contribution in [3.63, 3.8) is 0 Å². The van der Waals surface area contributed by atoms with Gasteiger partial charge in [0.2, 0.25) is 0 Å². The predicted octanol–water partition coefficient (Wildman–Crippen LogP) is 6.34. The SMILES string of the molecule is CCCC1CCC(CCCC2CCCCC2)CC1. The zero-order valence-corrected chi connectivity index (χ0v) is 12.6. The highest BCUT2D eigenvalue weighted by Crippen LogP contribution is 2.35. The average molecular weight is 250 g/mol. The van der Waals surface area contributed by atoms with E-state index in [2.05, 4.69) is 6.92 Å². The van der Waals surface area contributed by atoms with Crippen LogP contribution < -0.4 is 0 Å². The van der Waals surface area contributed by atoms with Gasteiger partial charge in [-0.1, -0.05) is 96.8 Å². The van der Waals surface area contributed by atoms with E-state index >= 15 is 0 Å². The Labute approximate surface area is 115 Å². The first-order chi connectivity index (χ1) is 8.88. The second kappa shape index (κ2) is 8.23. The van der Waals surface area contributed by atoms with Gasteiger partial charge in [-0.15, -0.1) is 0 Å². The number of hydrogen-bond donors (Lipinski definition) is 0. The topological polar surface area (TPSA) is 0 Å². The molecule has 2 rings (SSSR count). The molecule has 0 amide bonds. The van der Waals surface area contributed by atoms with E-state index in [-0.39, 0.29) is 0 Å². The first kappa shape index (κ1) is 14.4. The van der Waals surface area contributed by atoms with Gasteiger partial charge in [0.1, 0.15) is 0 Å². The summed E-state index contributed by atoms with van der Waals surface area (Å²) in [6.07, 6.45) is 21.4. The Balaban J connectivity index is 1.52. The normalized spacial score (nSPS) is 30.5. The molecule has 0 unspecified atom stereocenters. The molecule has 2 saturated carbocycles. The van der Waals surface area contributed by atoms with Gasteiger partial charge in [0, 0.05) is 0 Å². The largest absolute Gasteiger partial charge is 0.0654 e. The van der Waals surface area contributed by atoms with Gasteiger partial charge in [-0.2, -0.15) is 0 Å². The Morgan fingerprint density at radius 2 is 1.11 bits per heavy atom. The molecule has 0 aromatic carbocycles. The highest BCUT2D eigenvalue weighted by molar-refractivity contribution is 4.73. The Morgan fingerprint density at radius 1 is 0.611 bits per heavy atom. The van der Waals surface area contributed by atoms with Crippen molar-refractivity contribution in [1.29, 1.82) is 0 Å². The predicted molar refractivity (Wildman–Crippen MR) is 80.8 cm³/mol. The zero-order valence-electron chi connectivity index (χ0n) is 12.6. The van der Waals surface area contributed by atoms with Gasteiger partial charge in [-0.25, -0.2) is 0 Å². The summed E-state index contributed by atoms with van der Waals surface area (Å²) in [6, 6.07) is 0. The summed E-state index contributed by atoms with van der Waals surface area (Å²) in [6.45, 7) is 2.34. The molecule has 0 atom stereocenters. The highest BCUT2D eigenvalue weighted by atomic mass is 14.3. The minimum atomic E-state index is 1.09. The standard InChI is InChI=1S/C18H34/c1-2-7-16-12-14-18(15-13-16)11-6-10-17-8-4-3-5-9-17/h16-18H,2-15H2,1H3. The summed E-state index contributed by atoms with van der Waals surface area (Å²) in [5.41, 5.74) is 0. The Kier molecular flexibility index (Phi) is 6.59. The summed E-state index contributed by atoms with van der Waals surface area (Å²) in [4.78, 5) is 0. The molecule has 2 aliphatic rings. The molecule has 0 aromatic rings. The smallest absolute Gasteiger partial charge is 0.0414 e. The van der Waals surface area contributed by atoms with Crippen molar-refractivity contribution in [3.05, 3.63) is 0 Å². The first-order valence-corrected chi connectivity index (χ1v) is 8.88. The fraction of sp³-hybridized carbons (Fsp3) is 1.00. The van der Waals surface area contributed by atoms with Crippen molar-refractivity contribution in [2.45, 2.75) is 96.8 Å². The van der Waals surface area contributed by atoms with Crippen LogP contribution >= 0.6 is 0 Å². The molecule has 0 saturated heterocycles. The van der Waals surface area contributed by atoms with Crippen LogP contribution in [0.2, 0.25) is 0 Å². The van der Waals surface area contributed by atoms with Crippen molar-refractivity contribution >= 4 is 0 Å². The van der Waals surface area contributed by atoms with Crippen LogP contribution in [0.5, 0.6) is 0 Å². The molecule has 0 N–H and O–H groups in total. The third kappa shape index (κ3) is 4.94. The summed E-state index contributed by atoms with van der Waals surface area (Å²) >= 11 is 0. The van der Waals surface area contributed by atoms with Crippen LogP contribution in [0, 0.1) is 17.8 Å². The molecular weight excluding hydrogens is 216 g/mol. The fourth-order valence-corrected chi connectivity index (χ4v) is 4.39. The minimum Gasteiger partial charge on any atom is -0.0654 e. The van der Waals surface area contributed by atoms with Crippen LogP contribution in [0.1, 0.15) is 96.8 Å². The van der Waals surface area contributed by atoms with Gasteiger partial charge in [-0.3, -0.25) is 0 Å². The van der Waals surface area contributed by atoms with Crippen LogP contribution in [-0.2, 0) is 0 Å². The lowest BCUT2D eigenvalue weighted by atomic mass is 9.77. The summed E-state index contributed by atoms with van der Waals surface area (Å²) in [7, 11) is 0. The molecule has 2 aliphatic carbocycles. The maximum atomic E-state index is 2.34. The third-order valence-electron chi connectivity index (χ3n) is 5.61. The van der Waals surface area contributed by atoms with E-state index in [4.69, 9.17) is 0 Å². The van der Waals surface area contributed by atoms with Crippen molar-refractivity contribution in [1.82, 2.24) is 0 Å². The molecule has 0 heterocycles. The summed E-state index contributed by atoms with van der Waals surface area (Å²) in [5.74, 6) is 3.29. The van der Waals surface area contributed by atoms with Gasteiger partial charge in [0.15, 0.2) is 0 Å². The second-order valence-electron chi connectivity index (χ2n) is 7.11. The second-order valence-corrected chi connectivity index (χ2v) is 7.11. The minimum absolute atomic E-state index is 1.09. The average Bonchev–Trinajstić information content (AvgIpc) is 2.42. The number of hydrogen-bond acceptors (Lipinski definition) is 0. The first-order valence-electron chi connectivity index (χ1n) is 8.88. The fourth-order valence-electron chi connectivity index (χ4n) is 4.39. The van der Waals surface area contributed by atoms with Gasteiger partial charge >= 0.3 is 0 Å². The van der Waals surface area contributed by atoms with Crippen molar-refractivity contribution in [2.75, 3.05) is 0 Å². The van der Waals surface area contributed by atoms with Crippen molar-refractivity contribution in [3.8, 4) is 0 Å². The van der Waals surface area contributed by atoms with Crippen molar-refractivity contribution < 1.29 is 0 Å². The zero-order chi connectivity index (χ0) is 12.6. The highest BCUT2D eigenvalue weighted by Gasteiger charge is 2.20. The summed E-state index contributed by atoms with van der Waals surface area (Å²) in [5, 5.41) is 0. The molecule has 0 radical (unpaired) electrons. The monoisotopic (exact) mass is 250 g/mol. The molecule has 0 heteroatoms. The molecule has 0 aromatic heterocycles. The maximum absolute atomic E-state index is 2.34. The van der Waals surface area contributed by atoms with Crippen LogP contribution in [0.15, 0.2) is 0 Å². The third-order valence-corrected chi connectivity index (χ3v) is 5.61. The lowest BCUT2D eigenvalue weighted by Crippen LogP contribution is -2.15. The van der Waals surface area contributed by atoms with E-state index in [1.54, 1.807) is 51.4 Å². The quantitative estimate of drug-likeness (QED) is 0.515. The van der Waals surface area contributed by atoms with Crippen LogP contribution in [0.25, 0.3) is 0 Å². The Bertz CT molecular complexity index is 194. The Morgan fingerprint density at radius 3 is 1.67 bits per heavy atom. The van der Waals surface area contributed by atoms with E-state index in [1.807, 2.05) is 0 Å². The van der Waals surface area contributed by atoms with E-state index in [0.717, 1.165) is 17.8 Å². The van der Waals surface area contributed by atoms with Gasteiger partial charge in [-0.05, 0) is 17.8 Å². The molecule has 0 aliphatic heterocycles. The van der Waals surface area contributed by atoms with E-state index in [9.17, 15) is 0 Å². The molecule has 2 fully saturated rings. The van der Waals surface area contributed by atoms with Crippen LogP contribution in [0.4, 0.5) is 0 Å². The molecular formula is C18H34. The van der Waals surface area contributed by atoms with Crippen LogP contribution in [-0.4, -0.2) is 0 Å². The van der Waals surface area contributed by atoms with Gasteiger partial charge in [0.05, 0.1) is 0 Å². The van der Waals surface area contributed by atoms with Crippen molar-refractivity contribution in [2.24, 2.45) is 17.8 Å². The van der Waals surface area contributed by atoms with E-state index in [0.29, 0.717) is 0 Å². The Hall–Kier alpha value is 0. The van der Waals surface area contributed by atoms with E-state index in [1.165, 1.54) is 38.5 Å². The summed E-state index contributed by atoms with van der Waals surface area (Å²) < 4.78 is 0. The maximum Gasteiger partial charge on any atom is -0.0414 e. The lowest BCUT2D eigenvalue weighted by molar-refractivity contribution is 0.239. The van der Waals surface area contributed by atoms with Gasteiger partial charge < -0.3 is 0 Å². The molecule has 0 nitrogen and oxygen atoms in total. The number of rotatable bonds is 6. The molecule has 0 spiro atoms. The van der Waals surface area contributed by atoms with Gasteiger partial charge in [0.25, 0.3) is 0 Å².